The molecule has 2 unspecified atom stereocenters. The Kier molecular flexibility index (Phi) is 3.34. The molecule has 0 aromatic heterocycles. The molecule has 2 atom stereocenters. The van der Waals surface area contributed by atoms with E-state index in [1.54, 1.807) is 0 Å². The molecule has 1 saturated heterocycles. The van der Waals surface area contributed by atoms with Crippen molar-refractivity contribution in [2.24, 2.45) is 0 Å². The van der Waals surface area contributed by atoms with Crippen LogP contribution in [0, 0.1) is 0 Å². The molecular weight excluding hydrogens is 198 g/mol. The van der Waals surface area contributed by atoms with E-state index in [4.69, 9.17) is 5.73 Å². The zero-order valence-electron chi connectivity index (χ0n) is 10.1. The number of anilines is 2. The molecule has 2 rings (SSSR count). The van der Waals surface area contributed by atoms with Gasteiger partial charge in [0.15, 0.2) is 0 Å². The van der Waals surface area contributed by atoms with Crippen molar-refractivity contribution in [3.63, 3.8) is 0 Å². The lowest BCUT2D eigenvalue weighted by molar-refractivity contribution is 0.190. The Morgan fingerprint density at radius 2 is 2.25 bits per heavy atom. The second-order valence-corrected chi connectivity index (χ2v) is 4.82. The van der Waals surface area contributed by atoms with Gasteiger partial charge in [-0.1, -0.05) is 6.07 Å². The molecule has 1 aromatic rings. The Morgan fingerprint density at radius 3 is 2.94 bits per heavy atom. The van der Waals surface area contributed by atoms with E-state index in [0.29, 0.717) is 12.1 Å². The summed E-state index contributed by atoms with van der Waals surface area (Å²) in [6.45, 7) is 3.45. The van der Waals surface area contributed by atoms with Crippen LogP contribution in [-0.2, 0) is 0 Å². The lowest BCUT2D eigenvalue weighted by Gasteiger charge is -2.35. The molecule has 0 amide bonds. The highest BCUT2D eigenvalue weighted by molar-refractivity contribution is 5.54. The van der Waals surface area contributed by atoms with E-state index >= 15 is 0 Å². The topological polar surface area (TPSA) is 41.3 Å². The van der Waals surface area contributed by atoms with Crippen LogP contribution >= 0.6 is 0 Å². The zero-order chi connectivity index (χ0) is 11.5. The number of nitrogens with one attached hydrogen (secondary N) is 1. The molecule has 1 aliphatic rings. The van der Waals surface area contributed by atoms with E-state index in [1.807, 2.05) is 18.2 Å². The highest BCUT2D eigenvalue weighted by Crippen LogP contribution is 2.20. The van der Waals surface area contributed by atoms with Crippen LogP contribution in [0.5, 0.6) is 0 Å². The molecule has 0 bridgehead atoms. The largest absolute Gasteiger partial charge is 0.399 e. The third-order valence-corrected chi connectivity index (χ3v) is 3.47. The lowest BCUT2D eigenvalue weighted by atomic mass is 9.98. The van der Waals surface area contributed by atoms with Gasteiger partial charge in [0.2, 0.25) is 0 Å². The van der Waals surface area contributed by atoms with Crippen LogP contribution in [0.3, 0.4) is 0 Å². The van der Waals surface area contributed by atoms with Gasteiger partial charge in [0.1, 0.15) is 0 Å². The van der Waals surface area contributed by atoms with Crippen LogP contribution in [0.4, 0.5) is 11.4 Å². The number of likely N-dealkylation sites (tertiary alicyclic amines) is 1. The summed E-state index contributed by atoms with van der Waals surface area (Å²) < 4.78 is 0. The van der Waals surface area contributed by atoms with Crippen molar-refractivity contribution >= 4 is 11.4 Å². The van der Waals surface area contributed by atoms with Crippen LogP contribution in [0.2, 0.25) is 0 Å². The molecule has 0 radical (unpaired) electrons. The Morgan fingerprint density at radius 1 is 1.44 bits per heavy atom. The van der Waals surface area contributed by atoms with Crippen LogP contribution in [0.25, 0.3) is 0 Å². The number of nitrogens with zero attached hydrogens (tertiary/aromatic N) is 1. The highest BCUT2D eigenvalue weighted by atomic mass is 15.1. The predicted octanol–water partition coefficient (Wildman–Crippen LogP) is 2.16. The third-order valence-electron chi connectivity index (χ3n) is 3.47. The molecule has 88 valence electrons. The van der Waals surface area contributed by atoms with Crippen molar-refractivity contribution in [3.8, 4) is 0 Å². The molecule has 3 N–H and O–H groups in total. The molecule has 16 heavy (non-hydrogen) atoms. The molecule has 1 heterocycles. The maximum Gasteiger partial charge on any atom is 0.0362 e. The summed E-state index contributed by atoms with van der Waals surface area (Å²) >= 11 is 0. The van der Waals surface area contributed by atoms with Crippen molar-refractivity contribution in [1.29, 1.82) is 0 Å². The summed E-state index contributed by atoms with van der Waals surface area (Å²) in [4.78, 5) is 2.41. The standard InChI is InChI=1S/C13H21N3/c1-10-8-13(6-7-16(10)2)15-12-5-3-4-11(14)9-12/h3-5,9-10,13,15H,6-8,14H2,1-2H3. The zero-order valence-corrected chi connectivity index (χ0v) is 10.1. The molecular formula is C13H21N3. The summed E-state index contributed by atoms with van der Waals surface area (Å²) in [5.41, 5.74) is 7.73. The van der Waals surface area contributed by atoms with Gasteiger partial charge >= 0.3 is 0 Å². The summed E-state index contributed by atoms with van der Waals surface area (Å²) in [7, 11) is 2.20. The van der Waals surface area contributed by atoms with Gasteiger partial charge in [0.25, 0.3) is 0 Å². The second kappa shape index (κ2) is 4.74. The molecule has 0 spiro atoms. The fraction of sp³-hybridized carbons (Fsp3) is 0.538. The van der Waals surface area contributed by atoms with Crippen LogP contribution < -0.4 is 11.1 Å². The lowest BCUT2D eigenvalue weighted by Crippen LogP contribution is -2.42. The average molecular weight is 219 g/mol. The number of hydrogen-bond donors (Lipinski definition) is 2. The van der Waals surface area contributed by atoms with Gasteiger partial charge in [-0.25, -0.2) is 0 Å². The summed E-state index contributed by atoms with van der Waals surface area (Å²) in [5, 5.41) is 3.57. The van der Waals surface area contributed by atoms with E-state index < -0.39 is 0 Å². The van der Waals surface area contributed by atoms with Gasteiger partial charge in [-0.2, -0.15) is 0 Å². The van der Waals surface area contributed by atoms with Gasteiger partial charge < -0.3 is 16.0 Å². The van der Waals surface area contributed by atoms with Gasteiger partial charge in [-0.15, -0.1) is 0 Å². The van der Waals surface area contributed by atoms with Gasteiger partial charge in [0, 0.05) is 30.0 Å². The van der Waals surface area contributed by atoms with Crippen molar-refractivity contribution < 1.29 is 0 Å². The first-order valence-electron chi connectivity index (χ1n) is 5.97. The number of piperidine rings is 1. The molecule has 1 aromatic carbocycles. The maximum atomic E-state index is 5.76. The summed E-state index contributed by atoms with van der Waals surface area (Å²) in [5.74, 6) is 0. The van der Waals surface area contributed by atoms with Crippen LogP contribution in [0.15, 0.2) is 24.3 Å². The van der Waals surface area contributed by atoms with E-state index in [1.165, 1.54) is 19.4 Å². The van der Waals surface area contributed by atoms with E-state index in [-0.39, 0.29) is 0 Å². The molecule has 3 heteroatoms. The molecule has 3 nitrogen and oxygen atoms in total. The fourth-order valence-electron chi connectivity index (χ4n) is 2.28. The van der Waals surface area contributed by atoms with Crippen molar-refractivity contribution in [3.05, 3.63) is 24.3 Å². The van der Waals surface area contributed by atoms with Gasteiger partial charge in [-0.3, -0.25) is 0 Å². The summed E-state index contributed by atoms with van der Waals surface area (Å²) in [6, 6.07) is 9.24. The van der Waals surface area contributed by atoms with Crippen molar-refractivity contribution in [2.45, 2.75) is 31.8 Å². The highest BCUT2D eigenvalue weighted by Gasteiger charge is 2.22. The predicted molar refractivity (Wildman–Crippen MR) is 69.6 cm³/mol. The number of nitrogen functional groups attached to an aromatic ring is 1. The van der Waals surface area contributed by atoms with Crippen molar-refractivity contribution in [1.82, 2.24) is 4.90 Å². The van der Waals surface area contributed by atoms with E-state index in [9.17, 15) is 0 Å². The van der Waals surface area contributed by atoms with Gasteiger partial charge in [-0.05, 0) is 45.0 Å². The first kappa shape index (κ1) is 11.3. The normalized spacial score (nSPS) is 26.6. The minimum absolute atomic E-state index is 0.577. The van der Waals surface area contributed by atoms with E-state index in [2.05, 4.69) is 30.3 Å². The first-order chi connectivity index (χ1) is 7.65. The monoisotopic (exact) mass is 219 g/mol. The number of hydrogen-bond acceptors (Lipinski definition) is 3. The van der Waals surface area contributed by atoms with Crippen LogP contribution in [0.1, 0.15) is 19.8 Å². The van der Waals surface area contributed by atoms with E-state index in [0.717, 1.165) is 11.4 Å². The number of benzene rings is 1. The minimum atomic E-state index is 0.577. The van der Waals surface area contributed by atoms with Gasteiger partial charge in [0.05, 0.1) is 0 Å². The van der Waals surface area contributed by atoms with Crippen LogP contribution in [-0.4, -0.2) is 30.6 Å². The third kappa shape index (κ3) is 2.67. The SMILES string of the molecule is CC1CC(Nc2cccc(N)c2)CCN1C. The average Bonchev–Trinajstić information content (AvgIpc) is 2.24. The number of nitrogens with two attached hydrogens (primary N) is 1. The maximum absolute atomic E-state index is 5.76. The smallest absolute Gasteiger partial charge is 0.0362 e. The summed E-state index contributed by atoms with van der Waals surface area (Å²) in [6.07, 6.45) is 2.40. The molecule has 0 saturated carbocycles. The Hall–Kier alpha value is -1.22. The fourth-order valence-corrected chi connectivity index (χ4v) is 2.28. The Labute approximate surface area is 97.6 Å². The molecule has 0 aliphatic carbocycles. The molecule has 1 fully saturated rings. The first-order valence-corrected chi connectivity index (χ1v) is 5.97. The minimum Gasteiger partial charge on any atom is -0.399 e. The Balaban J connectivity index is 1.95. The second-order valence-electron chi connectivity index (χ2n) is 4.82. The van der Waals surface area contributed by atoms with Crippen molar-refractivity contribution in [2.75, 3.05) is 24.6 Å². The number of rotatable bonds is 2. The quantitative estimate of drug-likeness (QED) is 0.749. The Bertz CT molecular complexity index is 351. The molecule has 1 aliphatic heterocycles.